The minimum atomic E-state index is 0.627. The molecule has 0 aromatic carbocycles. The maximum absolute atomic E-state index is 4.45. The van der Waals surface area contributed by atoms with Crippen LogP contribution >= 0.6 is 0 Å². The van der Waals surface area contributed by atoms with Crippen molar-refractivity contribution in [2.45, 2.75) is 6.92 Å². The molecule has 3 rings (SSSR count). The lowest BCUT2D eigenvalue weighted by Crippen LogP contribution is -2.43. The van der Waals surface area contributed by atoms with E-state index in [4.69, 9.17) is 0 Å². The zero-order valence-corrected chi connectivity index (χ0v) is 9.92. The first-order valence-corrected chi connectivity index (χ1v) is 5.32. The Balaban J connectivity index is 2.16. The smallest absolute Gasteiger partial charge is 0.242 e. The van der Waals surface area contributed by atoms with E-state index >= 15 is 0 Å². The van der Waals surface area contributed by atoms with Crippen molar-refractivity contribution in [2.24, 2.45) is 20.0 Å². The van der Waals surface area contributed by atoms with Crippen molar-refractivity contribution in [3.63, 3.8) is 0 Å². The van der Waals surface area contributed by atoms with Gasteiger partial charge in [0, 0.05) is 14.1 Å². The van der Waals surface area contributed by atoms with E-state index < -0.39 is 0 Å². The van der Waals surface area contributed by atoms with Crippen LogP contribution in [0.15, 0.2) is 44.0 Å². The van der Waals surface area contributed by atoms with Gasteiger partial charge in [0.2, 0.25) is 11.9 Å². The van der Waals surface area contributed by atoms with Gasteiger partial charge in [0.25, 0.3) is 0 Å². The molecule has 17 heavy (non-hydrogen) atoms. The molecule has 3 aliphatic rings. The number of hydrogen-bond acceptors (Lipinski definition) is 6. The van der Waals surface area contributed by atoms with Gasteiger partial charge in [0.15, 0.2) is 0 Å². The third-order valence-corrected chi connectivity index (χ3v) is 2.50. The highest BCUT2D eigenvalue weighted by Crippen LogP contribution is 2.22. The first kappa shape index (κ1) is 9.95. The molecule has 6 nitrogen and oxygen atoms in total. The first-order chi connectivity index (χ1) is 8.15. The summed E-state index contributed by atoms with van der Waals surface area (Å²) in [6, 6.07) is 0. The molecule has 0 amide bonds. The average Bonchev–Trinajstić information content (AvgIpc) is 2.28. The zero-order chi connectivity index (χ0) is 12.0. The van der Waals surface area contributed by atoms with Crippen molar-refractivity contribution in [3.05, 3.63) is 24.0 Å². The van der Waals surface area contributed by atoms with Crippen LogP contribution < -0.4 is 0 Å². The van der Waals surface area contributed by atoms with E-state index in [0.717, 1.165) is 11.7 Å². The molecule has 0 unspecified atom stereocenters. The van der Waals surface area contributed by atoms with Gasteiger partial charge in [0.1, 0.15) is 17.5 Å². The number of amidine groups is 2. The second-order valence-corrected chi connectivity index (χ2v) is 4.07. The Hall–Kier alpha value is -2.24. The molecule has 0 radical (unpaired) electrons. The summed E-state index contributed by atoms with van der Waals surface area (Å²) in [4.78, 5) is 21.3. The molecule has 0 atom stereocenters. The van der Waals surface area contributed by atoms with Crippen LogP contribution in [-0.2, 0) is 0 Å². The number of rotatable bonds is 0. The Bertz CT molecular complexity index is 559. The van der Waals surface area contributed by atoms with Crippen molar-refractivity contribution in [2.75, 3.05) is 14.1 Å². The van der Waals surface area contributed by atoms with Gasteiger partial charge in [0.05, 0.1) is 0 Å². The van der Waals surface area contributed by atoms with Gasteiger partial charge in [-0.3, -0.25) is 0 Å². The Morgan fingerprint density at radius 3 is 2.71 bits per heavy atom. The van der Waals surface area contributed by atoms with Crippen LogP contribution in [0.4, 0.5) is 0 Å². The van der Waals surface area contributed by atoms with E-state index in [2.05, 4.69) is 20.0 Å². The van der Waals surface area contributed by atoms with E-state index in [0.29, 0.717) is 17.8 Å². The lowest BCUT2D eigenvalue weighted by Gasteiger charge is -2.31. The summed E-state index contributed by atoms with van der Waals surface area (Å²) in [6.07, 6.45) is 5.78. The quantitative estimate of drug-likeness (QED) is 0.616. The summed E-state index contributed by atoms with van der Waals surface area (Å²) in [5, 5.41) is 0. The lowest BCUT2D eigenvalue weighted by atomic mass is 10.3. The number of guanidine groups is 2. The highest BCUT2D eigenvalue weighted by atomic mass is 15.4. The second kappa shape index (κ2) is 3.38. The van der Waals surface area contributed by atoms with Crippen LogP contribution in [0.2, 0.25) is 0 Å². The monoisotopic (exact) mass is 228 g/mol. The Morgan fingerprint density at radius 2 is 1.94 bits per heavy atom. The summed E-state index contributed by atoms with van der Waals surface area (Å²) < 4.78 is 0. The van der Waals surface area contributed by atoms with Crippen molar-refractivity contribution in [3.8, 4) is 0 Å². The predicted molar refractivity (Wildman–Crippen MR) is 68.2 cm³/mol. The highest BCUT2D eigenvalue weighted by Gasteiger charge is 2.29. The van der Waals surface area contributed by atoms with Gasteiger partial charge in [-0.1, -0.05) is 6.08 Å². The van der Waals surface area contributed by atoms with Gasteiger partial charge < -0.3 is 4.90 Å². The molecule has 86 valence electrons. The van der Waals surface area contributed by atoms with Crippen molar-refractivity contribution >= 4 is 23.6 Å². The number of aliphatic imine (C=N–C) groups is 4. The van der Waals surface area contributed by atoms with Crippen LogP contribution in [0.3, 0.4) is 0 Å². The Kier molecular flexibility index (Phi) is 1.98. The molecule has 6 heteroatoms. The molecule has 0 aliphatic carbocycles. The van der Waals surface area contributed by atoms with Gasteiger partial charge in [-0.05, 0) is 19.1 Å². The number of hydrogen-bond donors (Lipinski definition) is 0. The average molecular weight is 228 g/mol. The summed E-state index contributed by atoms with van der Waals surface area (Å²) >= 11 is 0. The molecule has 0 aromatic rings. The van der Waals surface area contributed by atoms with E-state index in [1.165, 1.54) is 0 Å². The van der Waals surface area contributed by atoms with Gasteiger partial charge in [-0.15, -0.1) is 0 Å². The molecule has 0 spiro atoms. The Labute approximate surface area is 99.1 Å². The van der Waals surface area contributed by atoms with E-state index in [-0.39, 0.29) is 0 Å². The topological polar surface area (TPSA) is 55.9 Å². The van der Waals surface area contributed by atoms with Crippen molar-refractivity contribution in [1.29, 1.82) is 0 Å². The molecule has 3 heterocycles. The third-order valence-electron chi connectivity index (χ3n) is 2.50. The molecule has 0 saturated heterocycles. The zero-order valence-electron chi connectivity index (χ0n) is 9.92. The fraction of sp³-hybridized carbons (Fsp3) is 0.273. The summed E-state index contributed by atoms with van der Waals surface area (Å²) in [7, 11) is 3.82. The SMILES string of the molecule is CC1=NC2=CC=CC3=NC(N(C)C)=NC(=N1)N23. The van der Waals surface area contributed by atoms with Gasteiger partial charge in [-0.25, -0.2) is 9.89 Å². The Morgan fingerprint density at radius 1 is 1.12 bits per heavy atom. The molecular formula is C11H12N6. The van der Waals surface area contributed by atoms with Crippen LogP contribution in [0.1, 0.15) is 6.92 Å². The number of allylic oxidation sites excluding steroid dienone is 2. The third kappa shape index (κ3) is 1.49. The minimum absolute atomic E-state index is 0.627. The highest BCUT2D eigenvalue weighted by molar-refractivity contribution is 6.20. The molecule has 0 fully saturated rings. The van der Waals surface area contributed by atoms with Crippen molar-refractivity contribution < 1.29 is 0 Å². The summed E-state index contributed by atoms with van der Waals surface area (Å²) in [6.45, 7) is 1.86. The summed E-state index contributed by atoms with van der Waals surface area (Å²) in [5.74, 6) is 3.60. The molecule has 3 aliphatic heterocycles. The van der Waals surface area contributed by atoms with E-state index in [1.54, 1.807) is 0 Å². The van der Waals surface area contributed by atoms with Crippen LogP contribution in [0, 0.1) is 0 Å². The predicted octanol–water partition coefficient (Wildman–Crippen LogP) is 0.817. The van der Waals surface area contributed by atoms with E-state index in [9.17, 15) is 0 Å². The molecule has 0 N–H and O–H groups in total. The lowest BCUT2D eigenvalue weighted by molar-refractivity contribution is 0.603. The molecule has 0 saturated carbocycles. The van der Waals surface area contributed by atoms with Crippen LogP contribution in [-0.4, -0.2) is 47.5 Å². The first-order valence-electron chi connectivity index (χ1n) is 5.32. The normalized spacial score (nSPS) is 20.9. The van der Waals surface area contributed by atoms with Crippen LogP contribution in [0.25, 0.3) is 0 Å². The largest absolute Gasteiger partial charge is 0.347 e. The maximum Gasteiger partial charge on any atom is 0.242 e. The van der Waals surface area contributed by atoms with Crippen molar-refractivity contribution in [1.82, 2.24) is 9.80 Å². The van der Waals surface area contributed by atoms with Gasteiger partial charge in [-0.2, -0.15) is 15.0 Å². The molecule has 0 bridgehead atoms. The fourth-order valence-electron chi connectivity index (χ4n) is 1.74. The fourth-order valence-corrected chi connectivity index (χ4v) is 1.74. The molecule has 0 aromatic heterocycles. The second-order valence-electron chi connectivity index (χ2n) is 4.07. The number of nitrogens with zero attached hydrogens (tertiary/aromatic N) is 6. The summed E-state index contributed by atoms with van der Waals surface area (Å²) in [5.41, 5.74) is 0. The van der Waals surface area contributed by atoms with Gasteiger partial charge >= 0.3 is 0 Å². The molecular weight excluding hydrogens is 216 g/mol. The standard InChI is InChI=1S/C11H12N6/c1-7-12-8-5-4-6-9-14-10(16(2)3)15-11(13-7)17(8)9/h4-6H,1-3H3. The van der Waals surface area contributed by atoms with E-state index in [1.807, 2.05) is 49.0 Å². The van der Waals surface area contributed by atoms with Crippen LogP contribution in [0.5, 0.6) is 0 Å². The minimum Gasteiger partial charge on any atom is -0.347 e. The maximum atomic E-state index is 4.45.